The Morgan fingerprint density at radius 1 is 1.00 bits per heavy atom. The molecule has 5 heteroatoms. The molecule has 2 aromatic rings. The van der Waals surface area contributed by atoms with Crippen LogP contribution in [0.25, 0.3) is 0 Å². The van der Waals surface area contributed by atoms with Gasteiger partial charge >= 0.3 is 0 Å². The highest BCUT2D eigenvalue weighted by Crippen LogP contribution is 2.47. The minimum Gasteiger partial charge on any atom is -0.385 e. The Bertz CT molecular complexity index is 766. The quantitative estimate of drug-likeness (QED) is 0.845. The summed E-state index contributed by atoms with van der Waals surface area (Å²) in [6.45, 7) is 0.770. The molecule has 25 heavy (non-hydrogen) atoms. The van der Waals surface area contributed by atoms with Gasteiger partial charge < -0.3 is 5.11 Å². The fourth-order valence-electron chi connectivity index (χ4n) is 4.48. The molecule has 0 aromatic heterocycles. The van der Waals surface area contributed by atoms with Gasteiger partial charge in [0.25, 0.3) is 0 Å². The number of rotatable bonds is 3. The van der Waals surface area contributed by atoms with E-state index >= 15 is 0 Å². The third kappa shape index (κ3) is 2.96. The van der Waals surface area contributed by atoms with Crippen molar-refractivity contribution in [1.82, 2.24) is 4.90 Å². The SMILES string of the molecule is OC1(c2cc(F)cc(F)c2F)CC2CCC(C1)N2Cc1ccccc1. The first-order valence-corrected chi connectivity index (χ1v) is 8.63. The Morgan fingerprint density at radius 2 is 1.64 bits per heavy atom. The molecule has 1 N–H and O–H groups in total. The molecule has 2 atom stereocenters. The van der Waals surface area contributed by atoms with Crippen molar-refractivity contribution >= 4 is 0 Å². The van der Waals surface area contributed by atoms with Gasteiger partial charge in [-0.25, -0.2) is 13.2 Å². The summed E-state index contributed by atoms with van der Waals surface area (Å²) in [6.07, 6.45) is 2.38. The van der Waals surface area contributed by atoms with Crippen LogP contribution in [-0.2, 0) is 12.1 Å². The highest BCUT2D eigenvalue weighted by atomic mass is 19.2. The average Bonchev–Trinajstić information content (AvgIpc) is 2.83. The van der Waals surface area contributed by atoms with Gasteiger partial charge in [-0.1, -0.05) is 30.3 Å². The average molecular weight is 347 g/mol. The van der Waals surface area contributed by atoms with E-state index in [1.54, 1.807) is 0 Å². The highest BCUT2D eigenvalue weighted by Gasteiger charge is 2.49. The molecule has 2 fully saturated rings. The van der Waals surface area contributed by atoms with Crippen LogP contribution in [0.4, 0.5) is 13.2 Å². The van der Waals surface area contributed by atoms with Crippen LogP contribution in [0.2, 0.25) is 0 Å². The van der Waals surface area contributed by atoms with Gasteiger partial charge in [-0.15, -0.1) is 0 Å². The van der Waals surface area contributed by atoms with Gasteiger partial charge in [-0.05, 0) is 37.3 Å². The summed E-state index contributed by atoms with van der Waals surface area (Å²) < 4.78 is 41.4. The number of nitrogens with zero attached hydrogens (tertiary/aromatic N) is 1. The van der Waals surface area contributed by atoms with Crippen LogP contribution in [0, 0.1) is 17.5 Å². The molecule has 0 saturated carbocycles. The van der Waals surface area contributed by atoms with Gasteiger partial charge in [0.05, 0.1) is 5.60 Å². The zero-order chi connectivity index (χ0) is 17.6. The first kappa shape index (κ1) is 16.6. The van der Waals surface area contributed by atoms with Gasteiger partial charge in [0.15, 0.2) is 11.6 Å². The van der Waals surface area contributed by atoms with Crippen LogP contribution < -0.4 is 0 Å². The van der Waals surface area contributed by atoms with Crippen molar-refractivity contribution in [2.45, 2.75) is 49.9 Å². The van der Waals surface area contributed by atoms with Crippen LogP contribution in [-0.4, -0.2) is 22.1 Å². The number of hydrogen-bond donors (Lipinski definition) is 1. The summed E-state index contributed by atoms with van der Waals surface area (Å²) in [4.78, 5) is 2.33. The van der Waals surface area contributed by atoms with Gasteiger partial charge in [-0.2, -0.15) is 0 Å². The van der Waals surface area contributed by atoms with Gasteiger partial charge in [0, 0.05) is 30.3 Å². The Morgan fingerprint density at radius 3 is 2.28 bits per heavy atom. The van der Waals surface area contributed by atoms with E-state index in [1.165, 1.54) is 5.56 Å². The molecule has 0 spiro atoms. The van der Waals surface area contributed by atoms with E-state index in [0.29, 0.717) is 6.07 Å². The fraction of sp³-hybridized carbons (Fsp3) is 0.400. The normalized spacial score (nSPS) is 29.1. The van der Waals surface area contributed by atoms with Crippen molar-refractivity contribution in [2.24, 2.45) is 0 Å². The molecule has 2 unspecified atom stereocenters. The van der Waals surface area contributed by atoms with E-state index in [9.17, 15) is 18.3 Å². The maximum atomic E-state index is 14.2. The maximum absolute atomic E-state index is 14.2. The Hall–Kier alpha value is -1.85. The number of piperidine rings is 1. The summed E-state index contributed by atoms with van der Waals surface area (Å²) >= 11 is 0. The van der Waals surface area contributed by atoms with Crippen LogP contribution in [0.3, 0.4) is 0 Å². The standard InChI is InChI=1S/C20H20F3NO/c21-14-8-17(19(23)18(22)9-14)20(25)10-15-6-7-16(11-20)24(15)12-13-4-2-1-3-5-13/h1-5,8-9,15-16,25H,6-7,10-12H2. The monoisotopic (exact) mass is 347 g/mol. The van der Waals surface area contributed by atoms with Gasteiger partial charge in [0.1, 0.15) is 5.82 Å². The lowest BCUT2D eigenvalue weighted by atomic mass is 9.80. The lowest BCUT2D eigenvalue weighted by Gasteiger charge is -2.44. The molecule has 4 rings (SSSR count). The first-order valence-electron chi connectivity index (χ1n) is 8.63. The molecule has 0 amide bonds. The molecule has 132 valence electrons. The van der Waals surface area contributed by atoms with Crippen molar-refractivity contribution in [1.29, 1.82) is 0 Å². The van der Waals surface area contributed by atoms with Crippen LogP contribution in [0.5, 0.6) is 0 Å². The molecule has 2 saturated heterocycles. The topological polar surface area (TPSA) is 23.5 Å². The predicted octanol–water partition coefficient (Wildman–Crippen LogP) is 4.12. The first-order chi connectivity index (χ1) is 12.0. The van der Waals surface area contributed by atoms with Crippen molar-refractivity contribution in [3.05, 3.63) is 71.0 Å². The second-order valence-electron chi connectivity index (χ2n) is 7.23. The fourth-order valence-corrected chi connectivity index (χ4v) is 4.48. The molecular formula is C20H20F3NO. The van der Waals surface area contributed by atoms with Crippen molar-refractivity contribution in [3.63, 3.8) is 0 Å². The lowest BCUT2D eigenvalue weighted by Crippen LogP contribution is -2.49. The molecule has 2 aromatic carbocycles. The van der Waals surface area contributed by atoms with Crippen molar-refractivity contribution in [3.8, 4) is 0 Å². The molecular weight excluding hydrogens is 327 g/mol. The second-order valence-corrected chi connectivity index (χ2v) is 7.23. The van der Waals surface area contributed by atoms with Gasteiger partial charge in [0.2, 0.25) is 0 Å². The van der Waals surface area contributed by atoms with E-state index in [-0.39, 0.29) is 30.5 Å². The maximum Gasteiger partial charge on any atom is 0.165 e. The van der Waals surface area contributed by atoms with Gasteiger partial charge in [-0.3, -0.25) is 4.90 Å². The Labute approximate surface area is 144 Å². The minimum atomic E-state index is -1.52. The largest absolute Gasteiger partial charge is 0.385 e. The summed E-state index contributed by atoms with van der Waals surface area (Å²) in [5.74, 6) is -3.25. The molecule has 2 bridgehead atoms. The smallest absolute Gasteiger partial charge is 0.165 e. The molecule has 2 aliphatic heterocycles. The van der Waals surface area contributed by atoms with E-state index in [2.05, 4.69) is 17.0 Å². The summed E-state index contributed by atoms with van der Waals surface area (Å²) in [5.41, 5.74) is -0.583. The van der Waals surface area contributed by atoms with Crippen LogP contribution in [0.15, 0.2) is 42.5 Å². The summed E-state index contributed by atoms with van der Waals surface area (Å²) in [5, 5.41) is 11.0. The number of fused-ring (bicyclic) bond motifs is 2. The zero-order valence-corrected chi connectivity index (χ0v) is 13.8. The molecule has 2 nitrogen and oxygen atoms in total. The highest BCUT2D eigenvalue weighted by molar-refractivity contribution is 5.29. The molecule has 2 heterocycles. The van der Waals surface area contributed by atoms with E-state index < -0.39 is 23.1 Å². The lowest BCUT2D eigenvalue weighted by molar-refractivity contribution is -0.0621. The third-order valence-corrected chi connectivity index (χ3v) is 5.62. The van der Waals surface area contributed by atoms with Crippen LogP contribution in [0.1, 0.15) is 36.8 Å². The summed E-state index contributed by atoms with van der Waals surface area (Å²) in [6, 6.07) is 11.7. The van der Waals surface area contributed by atoms with Crippen molar-refractivity contribution < 1.29 is 18.3 Å². The zero-order valence-electron chi connectivity index (χ0n) is 13.8. The second kappa shape index (κ2) is 6.15. The number of aliphatic hydroxyl groups is 1. The number of hydrogen-bond acceptors (Lipinski definition) is 2. The number of benzene rings is 2. The van der Waals surface area contributed by atoms with E-state index in [0.717, 1.165) is 25.5 Å². The third-order valence-electron chi connectivity index (χ3n) is 5.62. The minimum absolute atomic E-state index is 0.0784. The Kier molecular flexibility index (Phi) is 4.08. The van der Waals surface area contributed by atoms with E-state index in [1.807, 2.05) is 18.2 Å². The summed E-state index contributed by atoms with van der Waals surface area (Å²) in [7, 11) is 0. The molecule has 0 radical (unpaired) electrons. The molecule has 0 aliphatic carbocycles. The van der Waals surface area contributed by atoms with Crippen molar-refractivity contribution in [2.75, 3.05) is 0 Å². The van der Waals surface area contributed by atoms with E-state index in [4.69, 9.17) is 0 Å². The predicted molar refractivity (Wildman–Crippen MR) is 88.2 cm³/mol. The van der Waals surface area contributed by atoms with Crippen LogP contribution >= 0.6 is 0 Å². The molecule has 2 aliphatic rings. The Balaban J connectivity index is 1.61. The number of halogens is 3.